The minimum atomic E-state index is 0.697. The molecule has 0 atom stereocenters. The summed E-state index contributed by atoms with van der Waals surface area (Å²) in [6.07, 6.45) is 4.84. The average molecular weight is 324 g/mol. The van der Waals surface area contributed by atoms with Gasteiger partial charge in [-0.25, -0.2) is 0 Å². The van der Waals surface area contributed by atoms with E-state index in [1.165, 1.54) is 22.0 Å². The Morgan fingerprint density at radius 3 is 2.92 bits per heavy atom. The predicted molar refractivity (Wildman–Crippen MR) is 98.1 cm³/mol. The van der Waals surface area contributed by atoms with Gasteiger partial charge < -0.3 is 15.6 Å². The number of rotatable bonds is 5. The number of H-pyrrole nitrogens is 1. The van der Waals surface area contributed by atoms with Gasteiger partial charge in [-0.2, -0.15) is 5.10 Å². The molecule has 1 aromatic carbocycles. The molecule has 2 heterocycles. The third-order valence-electron chi connectivity index (χ3n) is 4.27. The zero-order chi connectivity index (χ0) is 16.9. The van der Waals surface area contributed by atoms with Gasteiger partial charge in [0, 0.05) is 43.9 Å². The Morgan fingerprint density at radius 2 is 2.17 bits per heavy atom. The van der Waals surface area contributed by atoms with Crippen molar-refractivity contribution in [2.24, 2.45) is 12.0 Å². The molecule has 3 rings (SSSR count). The summed E-state index contributed by atoms with van der Waals surface area (Å²) in [7, 11) is 3.72. The summed E-state index contributed by atoms with van der Waals surface area (Å²) in [5, 5.41) is 12.2. The maximum Gasteiger partial charge on any atom is 0.191 e. The van der Waals surface area contributed by atoms with Crippen molar-refractivity contribution in [3.8, 4) is 0 Å². The van der Waals surface area contributed by atoms with Gasteiger partial charge in [-0.05, 0) is 36.6 Å². The number of guanidine groups is 1. The molecule has 0 aliphatic heterocycles. The minimum absolute atomic E-state index is 0.697. The molecule has 6 heteroatoms. The van der Waals surface area contributed by atoms with Gasteiger partial charge in [-0.15, -0.1) is 0 Å². The van der Waals surface area contributed by atoms with E-state index in [0.29, 0.717) is 6.54 Å². The van der Waals surface area contributed by atoms with Crippen LogP contribution in [0.5, 0.6) is 0 Å². The Morgan fingerprint density at radius 1 is 1.29 bits per heavy atom. The van der Waals surface area contributed by atoms with Crippen LogP contribution in [0.3, 0.4) is 0 Å². The lowest BCUT2D eigenvalue weighted by Crippen LogP contribution is -2.38. The molecule has 24 heavy (non-hydrogen) atoms. The van der Waals surface area contributed by atoms with E-state index < -0.39 is 0 Å². The normalized spacial score (nSPS) is 11.9. The molecular formula is C18H24N6. The number of hydrogen-bond acceptors (Lipinski definition) is 2. The molecule has 0 spiro atoms. The first kappa shape index (κ1) is 16.1. The van der Waals surface area contributed by atoms with Crippen LogP contribution in [0.25, 0.3) is 10.9 Å². The van der Waals surface area contributed by atoms with Crippen molar-refractivity contribution in [1.29, 1.82) is 0 Å². The van der Waals surface area contributed by atoms with Crippen LogP contribution < -0.4 is 10.6 Å². The molecule has 0 bridgehead atoms. The van der Waals surface area contributed by atoms with Gasteiger partial charge >= 0.3 is 0 Å². The predicted octanol–water partition coefficient (Wildman–Crippen LogP) is 2.12. The summed E-state index contributed by atoms with van der Waals surface area (Å²) in [5.41, 5.74) is 4.95. The summed E-state index contributed by atoms with van der Waals surface area (Å²) in [6.45, 7) is 3.68. The van der Waals surface area contributed by atoms with Crippen molar-refractivity contribution in [3.63, 3.8) is 0 Å². The van der Waals surface area contributed by atoms with Crippen molar-refractivity contribution in [1.82, 2.24) is 25.4 Å². The second kappa shape index (κ2) is 7.21. The van der Waals surface area contributed by atoms with Crippen LogP contribution in [-0.2, 0) is 20.0 Å². The van der Waals surface area contributed by atoms with E-state index in [0.717, 1.165) is 24.6 Å². The molecule has 3 aromatic rings. The fourth-order valence-corrected chi connectivity index (χ4v) is 2.93. The van der Waals surface area contributed by atoms with Crippen LogP contribution in [0.1, 0.15) is 16.8 Å². The van der Waals surface area contributed by atoms with Gasteiger partial charge in [0.25, 0.3) is 0 Å². The maximum absolute atomic E-state index is 4.27. The number of benzene rings is 1. The van der Waals surface area contributed by atoms with E-state index in [-0.39, 0.29) is 0 Å². The molecular weight excluding hydrogens is 300 g/mol. The van der Waals surface area contributed by atoms with Gasteiger partial charge in [-0.1, -0.05) is 12.1 Å². The first-order chi connectivity index (χ1) is 11.7. The highest BCUT2D eigenvalue weighted by Gasteiger charge is 2.06. The lowest BCUT2D eigenvalue weighted by Gasteiger charge is -2.12. The Bertz CT molecular complexity index is 842. The standard InChI is InChI=1S/C18H24N6/c1-13-5-4-6-16-17(13)14(11-21-16)7-9-20-18(19-2)22-12-15-8-10-23-24(15)3/h4-6,8,10-11,21H,7,9,12H2,1-3H3,(H2,19,20,22). The SMILES string of the molecule is CN=C(NCCc1c[nH]c2cccc(C)c12)NCc1ccnn1C. The van der Waals surface area contributed by atoms with Crippen molar-refractivity contribution >= 4 is 16.9 Å². The molecule has 0 amide bonds. The number of aromatic amines is 1. The lowest BCUT2D eigenvalue weighted by atomic mass is 10.1. The highest BCUT2D eigenvalue weighted by Crippen LogP contribution is 2.22. The van der Waals surface area contributed by atoms with E-state index >= 15 is 0 Å². The number of aromatic nitrogens is 3. The fourth-order valence-electron chi connectivity index (χ4n) is 2.93. The van der Waals surface area contributed by atoms with Crippen molar-refractivity contribution in [3.05, 3.63) is 53.5 Å². The average Bonchev–Trinajstić information content (AvgIpc) is 3.18. The molecule has 126 valence electrons. The molecule has 0 aliphatic rings. The van der Waals surface area contributed by atoms with Crippen LogP contribution in [0.2, 0.25) is 0 Å². The summed E-state index contributed by atoms with van der Waals surface area (Å²) in [6, 6.07) is 8.35. The first-order valence-corrected chi connectivity index (χ1v) is 8.16. The molecule has 6 nitrogen and oxygen atoms in total. The molecule has 3 N–H and O–H groups in total. The number of fused-ring (bicyclic) bond motifs is 1. The largest absolute Gasteiger partial charge is 0.361 e. The monoisotopic (exact) mass is 324 g/mol. The number of aliphatic imine (C=N–C) groups is 1. The molecule has 0 saturated carbocycles. The topological polar surface area (TPSA) is 70.0 Å². The highest BCUT2D eigenvalue weighted by atomic mass is 15.3. The summed E-state index contributed by atoms with van der Waals surface area (Å²) in [4.78, 5) is 7.62. The van der Waals surface area contributed by atoms with Crippen LogP contribution in [0.4, 0.5) is 0 Å². The third-order valence-corrected chi connectivity index (χ3v) is 4.27. The second-order valence-corrected chi connectivity index (χ2v) is 5.86. The number of nitrogens with zero attached hydrogens (tertiary/aromatic N) is 3. The van der Waals surface area contributed by atoms with Crippen molar-refractivity contribution < 1.29 is 0 Å². The maximum atomic E-state index is 4.27. The van der Waals surface area contributed by atoms with Crippen LogP contribution in [0, 0.1) is 6.92 Å². The second-order valence-electron chi connectivity index (χ2n) is 5.86. The summed E-state index contributed by atoms with van der Waals surface area (Å²) in [5.74, 6) is 0.799. The summed E-state index contributed by atoms with van der Waals surface area (Å²) < 4.78 is 1.86. The fraction of sp³-hybridized carbons (Fsp3) is 0.333. The quantitative estimate of drug-likeness (QED) is 0.497. The first-order valence-electron chi connectivity index (χ1n) is 8.16. The van der Waals surface area contributed by atoms with Crippen LogP contribution in [0.15, 0.2) is 41.7 Å². The molecule has 0 saturated heterocycles. The van der Waals surface area contributed by atoms with E-state index in [9.17, 15) is 0 Å². The van der Waals surface area contributed by atoms with E-state index in [1.807, 2.05) is 17.8 Å². The smallest absolute Gasteiger partial charge is 0.191 e. The number of aryl methyl sites for hydroxylation is 2. The van der Waals surface area contributed by atoms with Crippen molar-refractivity contribution in [2.45, 2.75) is 19.9 Å². The van der Waals surface area contributed by atoms with E-state index in [2.05, 4.69) is 57.0 Å². The zero-order valence-electron chi connectivity index (χ0n) is 14.4. The minimum Gasteiger partial charge on any atom is -0.361 e. The Balaban J connectivity index is 1.55. The zero-order valence-corrected chi connectivity index (χ0v) is 14.4. The van der Waals surface area contributed by atoms with Crippen LogP contribution in [-0.4, -0.2) is 34.3 Å². The Hall–Kier alpha value is -2.76. The van der Waals surface area contributed by atoms with Gasteiger partial charge in [0.15, 0.2) is 5.96 Å². The molecule has 0 radical (unpaired) electrons. The number of hydrogen-bond donors (Lipinski definition) is 3. The highest BCUT2D eigenvalue weighted by molar-refractivity contribution is 5.86. The van der Waals surface area contributed by atoms with Crippen LogP contribution >= 0.6 is 0 Å². The third kappa shape index (κ3) is 3.42. The summed E-state index contributed by atoms with van der Waals surface area (Å²) >= 11 is 0. The molecule has 0 fully saturated rings. The molecule has 0 unspecified atom stereocenters. The van der Waals surface area contributed by atoms with Gasteiger partial charge in [0.05, 0.1) is 12.2 Å². The number of nitrogens with one attached hydrogen (secondary N) is 3. The molecule has 2 aromatic heterocycles. The Kier molecular flexibility index (Phi) is 4.84. The van der Waals surface area contributed by atoms with Gasteiger partial charge in [-0.3, -0.25) is 9.67 Å². The van der Waals surface area contributed by atoms with Gasteiger partial charge in [0.2, 0.25) is 0 Å². The van der Waals surface area contributed by atoms with E-state index in [1.54, 1.807) is 13.2 Å². The Labute approximate surface area is 142 Å². The lowest BCUT2D eigenvalue weighted by molar-refractivity contribution is 0.684. The van der Waals surface area contributed by atoms with Gasteiger partial charge in [0.1, 0.15) is 0 Å². The van der Waals surface area contributed by atoms with E-state index in [4.69, 9.17) is 0 Å². The molecule has 0 aliphatic carbocycles. The van der Waals surface area contributed by atoms with Crippen molar-refractivity contribution in [2.75, 3.05) is 13.6 Å².